The van der Waals surface area contributed by atoms with Gasteiger partial charge in [0.1, 0.15) is 11.9 Å². The van der Waals surface area contributed by atoms with Crippen LogP contribution in [0.1, 0.15) is 24.1 Å². The number of benzene rings is 2. The van der Waals surface area contributed by atoms with Gasteiger partial charge in [-0.15, -0.1) is 0 Å². The van der Waals surface area contributed by atoms with Gasteiger partial charge < -0.3 is 20.9 Å². The van der Waals surface area contributed by atoms with Gasteiger partial charge in [0.15, 0.2) is 0 Å². The Labute approximate surface area is 247 Å². The summed E-state index contributed by atoms with van der Waals surface area (Å²) in [6, 6.07) is 15.8. The van der Waals surface area contributed by atoms with E-state index < -0.39 is 5.82 Å². The first-order valence-electron chi connectivity index (χ1n) is 13.3. The van der Waals surface area contributed by atoms with E-state index in [-0.39, 0.29) is 23.4 Å². The van der Waals surface area contributed by atoms with E-state index in [1.54, 1.807) is 18.3 Å². The number of anilines is 3. The van der Waals surface area contributed by atoms with Gasteiger partial charge in [-0.25, -0.2) is 4.39 Å². The molecule has 1 aliphatic rings. The molecule has 3 N–H and O–H groups in total. The van der Waals surface area contributed by atoms with Crippen molar-refractivity contribution in [3.8, 4) is 6.07 Å². The summed E-state index contributed by atoms with van der Waals surface area (Å²) in [5.74, 6) is -0.192. The van der Waals surface area contributed by atoms with Crippen molar-refractivity contribution in [3.63, 3.8) is 0 Å². The Kier molecular flexibility index (Phi) is 9.14. The van der Waals surface area contributed by atoms with Crippen LogP contribution in [0.4, 0.5) is 21.5 Å². The van der Waals surface area contributed by atoms with Crippen LogP contribution in [0.5, 0.6) is 0 Å². The molecule has 1 saturated heterocycles. The third kappa shape index (κ3) is 7.03. The number of rotatable bonds is 9. The van der Waals surface area contributed by atoms with Crippen molar-refractivity contribution < 1.29 is 9.18 Å². The van der Waals surface area contributed by atoms with Crippen molar-refractivity contribution in [1.82, 2.24) is 20.2 Å². The number of aromatic nitrogens is 2. The lowest BCUT2D eigenvalue weighted by molar-refractivity contribution is -0.131. The minimum atomic E-state index is -0.532. The number of carbonyl (C=O) groups is 1. The third-order valence-electron chi connectivity index (χ3n) is 7.01. The van der Waals surface area contributed by atoms with E-state index >= 15 is 0 Å². The summed E-state index contributed by atoms with van der Waals surface area (Å²) < 4.78 is 13.7. The fourth-order valence-corrected chi connectivity index (χ4v) is 5.38. The molecular formula is C30H28Cl2FN7O. The molecule has 1 atom stereocenters. The van der Waals surface area contributed by atoms with E-state index in [1.165, 1.54) is 18.3 Å². The molecule has 1 aliphatic heterocycles. The van der Waals surface area contributed by atoms with E-state index in [0.717, 1.165) is 30.8 Å². The van der Waals surface area contributed by atoms with Gasteiger partial charge in [-0.2, -0.15) is 5.26 Å². The van der Waals surface area contributed by atoms with Gasteiger partial charge in [-0.1, -0.05) is 29.3 Å². The molecule has 0 radical (unpaired) electrons. The summed E-state index contributed by atoms with van der Waals surface area (Å²) >= 11 is 12.6. The Bertz CT molecular complexity index is 1600. The average Bonchev–Trinajstić information content (AvgIpc) is 2.99. The van der Waals surface area contributed by atoms with Gasteiger partial charge in [0.25, 0.3) is 0 Å². The molecule has 1 fully saturated rings. The van der Waals surface area contributed by atoms with Gasteiger partial charge in [0.05, 0.1) is 39.1 Å². The fourth-order valence-electron chi connectivity index (χ4n) is 4.93. The van der Waals surface area contributed by atoms with Gasteiger partial charge in [0.2, 0.25) is 5.91 Å². The van der Waals surface area contributed by atoms with Crippen molar-refractivity contribution >= 4 is 57.1 Å². The molecule has 1 unspecified atom stereocenters. The lowest BCUT2D eigenvalue weighted by atomic mass is 9.97. The summed E-state index contributed by atoms with van der Waals surface area (Å²) in [5.41, 5.74) is 3.52. The number of likely N-dealkylation sites (tertiary alicyclic amines) is 1. The SMILES string of the molecule is N#Cc1cnc2c(Cl)cc(NCC3CCCN(C(=O)CNCc4ccccn4)C3)cc2c1Nc1ccc(F)c(Cl)c1. The van der Waals surface area contributed by atoms with Crippen LogP contribution in [0.2, 0.25) is 10.0 Å². The van der Waals surface area contributed by atoms with Gasteiger partial charge in [-0.05, 0) is 61.2 Å². The highest BCUT2D eigenvalue weighted by molar-refractivity contribution is 6.36. The molecule has 0 spiro atoms. The highest BCUT2D eigenvalue weighted by Crippen LogP contribution is 2.35. The zero-order chi connectivity index (χ0) is 28.8. The highest BCUT2D eigenvalue weighted by Gasteiger charge is 2.23. The third-order valence-corrected chi connectivity index (χ3v) is 7.59. The van der Waals surface area contributed by atoms with Crippen molar-refractivity contribution in [2.24, 2.45) is 5.92 Å². The maximum atomic E-state index is 13.7. The molecule has 3 heterocycles. The predicted octanol–water partition coefficient (Wildman–Crippen LogP) is 6.13. The number of fused-ring (bicyclic) bond motifs is 1. The van der Waals surface area contributed by atoms with E-state index in [1.807, 2.05) is 29.2 Å². The Hall–Kier alpha value is -3.97. The van der Waals surface area contributed by atoms with Crippen LogP contribution in [0.3, 0.4) is 0 Å². The second-order valence-corrected chi connectivity index (χ2v) is 10.7. The summed E-state index contributed by atoms with van der Waals surface area (Å²) in [6.45, 7) is 2.86. The summed E-state index contributed by atoms with van der Waals surface area (Å²) in [4.78, 5) is 23.4. The van der Waals surface area contributed by atoms with Crippen LogP contribution < -0.4 is 16.0 Å². The number of hydrogen-bond acceptors (Lipinski definition) is 7. The zero-order valence-corrected chi connectivity index (χ0v) is 23.6. The Morgan fingerprint density at radius 3 is 2.76 bits per heavy atom. The molecule has 5 rings (SSSR count). The van der Waals surface area contributed by atoms with Crippen molar-refractivity contribution in [2.75, 3.05) is 36.8 Å². The largest absolute Gasteiger partial charge is 0.385 e. The second-order valence-electron chi connectivity index (χ2n) is 9.92. The molecule has 210 valence electrons. The molecule has 0 aliphatic carbocycles. The summed E-state index contributed by atoms with van der Waals surface area (Å²) in [6.07, 6.45) is 5.12. The number of nitrogens with one attached hydrogen (secondary N) is 3. The highest BCUT2D eigenvalue weighted by atomic mass is 35.5. The summed E-state index contributed by atoms with van der Waals surface area (Å²) in [5, 5.41) is 20.6. The van der Waals surface area contributed by atoms with E-state index in [0.29, 0.717) is 52.5 Å². The monoisotopic (exact) mass is 591 g/mol. The predicted molar refractivity (Wildman–Crippen MR) is 160 cm³/mol. The molecule has 0 saturated carbocycles. The van der Waals surface area contributed by atoms with Crippen molar-refractivity contribution in [2.45, 2.75) is 19.4 Å². The molecule has 1 amide bonds. The van der Waals surface area contributed by atoms with Gasteiger partial charge in [0, 0.05) is 55.3 Å². The Morgan fingerprint density at radius 1 is 1.12 bits per heavy atom. The molecule has 8 nitrogen and oxygen atoms in total. The minimum absolute atomic E-state index is 0.0313. The average molecular weight is 593 g/mol. The number of hydrogen-bond donors (Lipinski definition) is 3. The summed E-state index contributed by atoms with van der Waals surface area (Å²) in [7, 11) is 0. The number of nitrogens with zero attached hydrogens (tertiary/aromatic N) is 4. The quantitative estimate of drug-likeness (QED) is 0.215. The molecule has 0 bridgehead atoms. The molecule has 2 aromatic heterocycles. The number of nitriles is 1. The van der Waals surface area contributed by atoms with Crippen LogP contribution in [0.15, 0.2) is 60.9 Å². The molecular weight excluding hydrogens is 564 g/mol. The molecule has 11 heteroatoms. The van der Waals surface area contributed by atoms with Gasteiger partial charge in [-0.3, -0.25) is 14.8 Å². The zero-order valence-electron chi connectivity index (χ0n) is 22.1. The number of carbonyl (C=O) groups excluding carboxylic acids is 1. The number of pyridine rings is 2. The maximum Gasteiger partial charge on any atom is 0.236 e. The van der Waals surface area contributed by atoms with Crippen LogP contribution >= 0.6 is 23.2 Å². The van der Waals surface area contributed by atoms with Crippen LogP contribution in [-0.4, -0.2) is 47.0 Å². The lowest BCUT2D eigenvalue weighted by Gasteiger charge is -2.33. The smallest absolute Gasteiger partial charge is 0.236 e. The Morgan fingerprint density at radius 2 is 1.98 bits per heavy atom. The van der Waals surface area contributed by atoms with E-state index in [2.05, 4.69) is 32.0 Å². The van der Waals surface area contributed by atoms with E-state index in [4.69, 9.17) is 23.2 Å². The fraction of sp³-hybridized carbons (Fsp3) is 0.267. The minimum Gasteiger partial charge on any atom is -0.385 e. The molecule has 4 aromatic rings. The molecule has 2 aromatic carbocycles. The number of piperidine rings is 1. The standard InChI is InChI=1S/C30H28Cl2FN7O/c31-25-11-21(6-7-27(25)33)39-29-20(13-34)15-38-30-24(29)10-23(12-26(30)32)37-14-19-4-3-9-40(18-19)28(41)17-35-16-22-5-1-2-8-36-22/h1-2,5-8,10-12,15,19,35,37H,3-4,9,14,16-18H2,(H,38,39). The Balaban J connectivity index is 1.26. The number of amides is 1. The lowest BCUT2D eigenvalue weighted by Crippen LogP contribution is -2.45. The van der Waals surface area contributed by atoms with Gasteiger partial charge >= 0.3 is 0 Å². The van der Waals surface area contributed by atoms with Crippen molar-refractivity contribution in [3.05, 3.63) is 88.0 Å². The first-order valence-corrected chi connectivity index (χ1v) is 14.0. The van der Waals surface area contributed by atoms with Crippen molar-refractivity contribution in [1.29, 1.82) is 5.26 Å². The number of halogens is 3. The first-order chi connectivity index (χ1) is 19.9. The maximum absolute atomic E-state index is 13.7. The van der Waals surface area contributed by atoms with Crippen LogP contribution in [-0.2, 0) is 11.3 Å². The van der Waals surface area contributed by atoms with Crippen LogP contribution in [0, 0.1) is 23.1 Å². The normalized spacial score (nSPS) is 15.0. The second kappa shape index (κ2) is 13.1. The van der Waals surface area contributed by atoms with Crippen LogP contribution in [0.25, 0.3) is 10.9 Å². The molecule has 41 heavy (non-hydrogen) atoms. The first kappa shape index (κ1) is 28.6. The van der Waals surface area contributed by atoms with E-state index in [9.17, 15) is 14.4 Å². The topological polar surface area (TPSA) is 106 Å².